The summed E-state index contributed by atoms with van der Waals surface area (Å²) in [4.78, 5) is 7.89. The van der Waals surface area contributed by atoms with Crippen LogP contribution < -0.4 is 11.5 Å². The second-order valence-electron chi connectivity index (χ2n) is 4.42. The van der Waals surface area contributed by atoms with Crippen LogP contribution in [0.25, 0.3) is 11.1 Å². The Hall–Kier alpha value is -2.11. The second kappa shape index (κ2) is 3.73. The lowest BCUT2D eigenvalue weighted by atomic mass is 10.2. The molecular weight excluding hydrogens is 216 g/mol. The molecule has 0 saturated heterocycles. The molecule has 0 radical (unpaired) electrons. The Morgan fingerprint density at radius 2 is 2.12 bits per heavy atom. The van der Waals surface area contributed by atoms with Gasteiger partial charge in [-0.3, -0.25) is 4.68 Å². The molecule has 0 amide bonds. The molecule has 1 aliphatic carbocycles. The van der Waals surface area contributed by atoms with Gasteiger partial charge in [0.2, 0.25) is 5.95 Å². The zero-order valence-corrected chi connectivity index (χ0v) is 9.37. The predicted octanol–water partition coefficient (Wildman–Crippen LogP) is 0.914. The topological polar surface area (TPSA) is 95.6 Å². The summed E-state index contributed by atoms with van der Waals surface area (Å²) in [5.41, 5.74) is 13.0. The monoisotopic (exact) mass is 230 g/mol. The molecule has 3 rings (SSSR count). The van der Waals surface area contributed by atoms with Gasteiger partial charge in [-0.05, 0) is 18.8 Å². The van der Waals surface area contributed by atoms with Crippen LogP contribution in [-0.2, 0) is 6.54 Å². The van der Waals surface area contributed by atoms with E-state index >= 15 is 0 Å². The van der Waals surface area contributed by atoms with Crippen molar-refractivity contribution in [2.45, 2.75) is 19.4 Å². The van der Waals surface area contributed by atoms with Crippen LogP contribution in [0.5, 0.6) is 0 Å². The molecule has 0 unspecified atom stereocenters. The molecule has 17 heavy (non-hydrogen) atoms. The number of aromatic nitrogens is 4. The number of hydrogen-bond acceptors (Lipinski definition) is 5. The van der Waals surface area contributed by atoms with Crippen molar-refractivity contribution in [3.05, 3.63) is 18.6 Å². The van der Waals surface area contributed by atoms with Crippen LogP contribution in [0.4, 0.5) is 11.8 Å². The van der Waals surface area contributed by atoms with Gasteiger partial charge in [-0.1, -0.05) is 0 Å². The molecule has 2 aromatic rings. The van der Waals surface area contributed by atoms with Crippen molar-refractivity contribution in [1.29, 1.82) is 0 Å². The number of rotatable bonds is 3. The van der Waals surface area contributed by atoms with E-state index < -0.39 is 0 Å². The van der Waals surface area contributed by atoms with Crippen molar-refractivity contribution in [3.63, 3.8) is 0 Å². The van der Waals surface area contributed by atoms with E-state index in [2.05, 4.69) is 15.1 Å². The number of nitrogens with two attached hydrogens (primary N) is 2. The lowest BCUT2D eigenvalue weighted by Crippen LogP contribution is -2.01. The van der Waals surface area contributed by atoms with Gasteiger partial charge in [0.05, 0.1) is 6.20 Å². The van der Waals surface area contributed by atoms with Crippen molar-refractivity contribution in [1.82, 2.24) is 19.7 Å². The Bertz CT molecular complexity index is 543. The van der Waals surface area contributed by atoms with Gasteiger partial charge < -0.3 is 11.5 Å². The van der Waals surface area contributed by atoms with Crippen LogP contribution >= 0.6 is 0 Å². The Morgan fingerprint density at radius 3 is 2.82 bits per heavy atom. The fourth-order valence-corrected chi connectivity index (χ4v) is 1.80. The highest BCUT2D eigenvalue weighted by atomic mass is 15.3. The predicted molar refractivity (Wildman–Crippen MR) is 64.8 cm³/mol. The molecule has 0 atom stereocenters. The maximum absolute atomic E-state index is 5.81. The average Bonchev–Trinajstić information content (AvgIpc) is 2.96. The van der Waals surface area contributed by atoms with E-state index in [9.17, 15) is 0 Å². The maximum Gasteiger partial charge on any atom is 0.221 e. The summed E-state index contributed by atoms with van der Waals surface area (Å²) in [6.45, 7) is 0.982. The SMILES string of the molecule is Nc1ncc(-c2cnn(CC3CC3)c2)c(N)n1. The summed E-state index contributed by atoms with van der Waals surface area (Å²) in [6.07, 6.45) is 8.01. The number of nitrogens with zero attached hydrogens (tertiary/aromatic N) is 4. The molecule has 88 valence electrons. The third kappa shape index (κ3) is 2.06. The van der Waals surface area contributed by atoms with Crippen molar-refractivity contribution < 1.29 is 0 Å². The zero-order valence-electron chi connectivity index (χ0n) is 9.37. The molecule has 0 bridgehead atoms. The average molecular weight is 230 g/mol. The Labute approximate surface area is 98.7 Å². The minimum atomic E-state index is 0.191. The molecule has 4 N–H and O–H groups in total. The fourth-order valence-electron chi connectivity index (χ4n) is 1.80. The zero-order chi connectivity index (χ0) is 11.8. The quantitative estimate of drug-likeness (QED) is 0.817. The molecular formula is C11H14N6. The summed E-state index contributed by atoms with van der Waals surface area (Å²) in [6, 6.07) is 0. The minimum absolute atomic E-state index is 0.191. The molecule has 6 heteroatoms. The van der Waals surface area contributed by atoms with E-state index in [4.69, 9.17) is 11.5 Å². The summed E-state index contributed by atoms with van der Waals surface area (Å²) >= 11 is 0. The van der Waals surface area contributed by atoms with E-state index in [0.29, 0.717) is 5.82 Å². The minimum Gasteiger partial charge on any atom is -0.383 e. The lowest BCUT2D eigenvalue weighted by Gasteiger charge is -2.01. The van der Waals surface area contributed by atoms with E-state index in [0.717, 1.165) is 23.6 Å². The molecule has 6 nitrogen and oxygen atoms in total. The van der Waals surface area contributed by atoms with Crippen molar-refractivity contribution >= 4 is 11.8 Å². The van der Waals surface area contributed by atoms with E-state index in [1.807, 2.05) is 10.9 Å². The van der Waals surface area contributed by atoms with Gasteiger partial charge in [-0.2, -0.15) is 10.1 Å². The van der Waals surface area contributed by atoms with Crippen LogP contribution in [0.1, 0.15) is 12.8 Å². The fraction of sp³-hybridized carbons (Fsp3) is 0.364. The molecule has 2 heterocycles. The van der Waals surface area contributed by atoms with Gasteiger partial charge in [0.15, 0.2) is 0 Å². The molecule has 0 spiro atoms. The molecule has 1 fully saturated rings. The highest BCUT2D eigenvalue weighted by molar-refractivity contribution is 5.72. The summed E-state index contributed by atoms with van der Waals surface area (Å²) in [7, 11) is 0. The van der Waals surface area contributed by atoms with Crippen molar-refractivity contribution in [2.75, 3.05) is 11.5 Å². The summed E-state index contributed by atoms with van der Waals surface area (Å²) in [5, 5.41) is 4.31. The first-order chi connectivity index (χ1) is 8.22. The lowest BCUT2D eigenvalue weighted by molar-refractivity contribution is 0.563. The van der Waals surface area contributed by atoms with Crippen molar-refractivity contribution in [2.24, 2.45) is 5.92 Å². The number of anilines is 2. The maximum atomic E-state index is 5.81. The first-order valence-corrected chi connectivity index (χ1v) is 5.63. The normalized spacial score (nSPS) is 15.1. The van der Waals surface area contributed by atoms with Crippen LogP contribution in [0.3, 0.4) is 0 Å². The van der Waals surface area contributed by atoms with Gasteiger partial charge >= 0.3 is 0 Å². The third-order valence-electron chi connectivity index (χ3n) is 2.92. The first kappa shape index (κ1) is 10.1. The molecule has 0 aliphatic heterocycles. The summed E-state index contributed by atoms with van der Waals surface area (Å²) in [5.74, 6) is 1.38. The number of nitrogen functional groups attached to an aromatic ring is 2. The Morgan fingerprint density at radius 1 is 1.29 bits per heavy atom. The van der Waals surface area contributed by atoms with Crippen LogP contribution in [0, 0.1) is 5.92 Å². The van der Waals surface area contributed by atoms with E-state index in [1.54, 1.807) is 12.4 Å². The molecule has 2 aromatic heterocycles. The molecule has 0 aromatic carbocycles. The molecule has 1 aliphatic rings. The first-order valence-electron chi connectivity index (χ1n) is 5.63. The van der Waals surface area contributed by atoms with Crippen LogP contribution in [0.2, 0.25) is 0 Å². The van der Waals surface area contributed by atoms with Crippen molar-refractivity contribution in [3.8, 4) is 11.1 Å². The smallest absolute Gasteiger partial charge is 0.221 e. The van der Waals surface area contributed by atoms with Crippen LogP contribution in [-0.4, -0.2) is 19.7 Å². The van der Waals surface area contributed by atoms with E-state index in [-0.39, 0.29) is 5.95 Å². The van der Waals surface area contributed by atoms with Gasteiger partial charge in [0, 0.05) is 30.1 Å². The third-order valence-corrected chi connectivity index (χ3v) is 2.92. The van der Waals surface area contributed by atoms with Gasteiger partial charge in [0.25, 0.3) is 0 Å². The van der Waals surface area contributed by atoms with Gasteiger partial charge in [0.1, 0.15) is 5.82 Å². The standard InChI is InChI=1S/C11H14N6/c12-10-9(4-14-11(13)16-10)8-3-15-17(6-8)5-7-1-2-7/h3-4,6-7H,1-2,5H2,(H4,12,13,14,16). The molecule has 1 saturated carbocycles. The van der Waals surface area contributed by atoms with Gasteiger partial charge in [-0.25, -0.2) is 4.98 Å². The highest BCUT2D eigenvalue weighted by Crippen LogP contribution is 2.31. The number of hydrogen-bond donors (Lipinski definition) is 2. The Kier molecular flexibility index (Phi) is 2.21. The second-order valence-corrected chi connectivity index (χ2v) is 4.42. The highest BCUT2D eigenvalue weighted by Gasteiger charge is 2.22. The summed E-state index contributed by atoms with van der Waals surface area (Å²) < 4.78 is 1.95. The Balaban J connectivity index is 1.89. The van der Waals surface area contributed by atoms with E-state index in [1.165, 1.54) is 12.8 Å². The largest absolute Gasteiger partial charge is 0.383 e. The van der Waals surface area contributed by atoms with Gasteiger partial charge in [-0.15, -0.1) is 0 Å². The van der Waals surface area contributed by atoms with Crippen LogP contribution in [0.15, 0.2) is 18.6 Å².